The Labute approximate surface area is 158 Å². The molecule has 2 unspecified atom stereocenters. The Kier molecular flexibility index (Phi) is 5.97. The molecule has 0 radical (unpaired) electrons. The van der Waals surface area contributed by atoms with E-state index in [9.17, 15) is 13.6 Å². The molecule has 0 fully saturated rings. The topological polar surface area (TPSA) is 102 Å². The number of amides is 1. The number of carbonyl (C=O) groups excluding carboxylic acids is 1. The molecule has 0 spiro atoms. The van der Waals surface area contributed by atoms with Gasteiger partial charge in [-0.05, 0) is 18.2 Å². The van der Waals surface area contributed by atoms with Crippen LogP contribution in [0, 0.1) is 17.6 Å². The smallest absolute Gasteiger partial charge is 0.293 e. The van der Waals surface area contributed by atoms with E-state index in [2.05, 4.69) is 20.3 Å². The number of nitrogens with one attached hydrogen (secondary N) is 1. The maximum atomic E-state index is 14.5. The van der Waals surface area contributed by atoms with Crippen LogP contribution in [0.3, 0.4) is 0 Å². The number of hydrogen-bond donors (Lipinski definition) is 2. The molecule has 0 saturated carbocycles. The summed E-state index contributed by atoms with van der Waals surface area (Å²) in [6, 6.07) is 3.63. The molecule has 3 N–H and O–H groups in total. The van der Waals surface area contributed by atoms with Gasteiger partial charge in [-0.2, -0.15) is 0 Å². The predicted octanol–water partition coefficient (Wildman–Crippen LogP) is 2.37. The first kappa shape index (κ1) is 19.2. The number of aromatic nitrogens is 2. The van der Waals surface area contributed by atoms with E-state index in [-0.39, 0.29) is 11.7 Å². The lowest BCUT2D eigenvalue weighted by atomic mass is 9.94. The van der Waals surface area contributed by atoms with Gasteiger partial charge in [0.1, 0.15) is 5.82 Å². The normalized spacial score (nSPS) is 19.4. The Morgan fingerprint density at radius 2 is 2.11 bits per heavy atom. The Hall–Kier alpha value is -2.59. The molecule has 1 aromatic heterocycles. The van der Waals surface area contributed by atoms with Crippen molar-refractivity contribution in [3.8, 4) is 0 Å². The van der Waals surface area contributed by atoms with Crippen molar-refractivity contribution in [2.45, 2.75) is 6.04 Å². The zero-order valence-electron chi connectivity index (χ0n) is 14.4. The van der Waals surface area contributed by atoms with Gasteiger partial charge in [-0.1, -0.05) is 11.8 Å². The Bertz CT molecular complexity index is 863. The number of benzene rings is 1. The van der Waals surface area contributed by atoms with Crippen LogP contribution in [-0.4, -0.2) is 40.5 Å². The van der Waals surface area contributed by atoms with Crippen molar-refractivity contribution in [2.75, 3.05) is 24.8 Å². The van der Waals surface area contributed by atoms with E-state index in [4.69, 9.17) is 10.5 Å². The maximum absolute atomic E-state index is 14.5. The highest BCUT2D eigenvalue weighted by Crippen LogP contribution is 2.36. The van der Waals surface area contributed by atoms with Crippen molar-refractivity contribution in [2.24, 2.45) is 16.6 Å². The third kappa shape index (κ3) is 4.58. The molecule has 7 nitrogen and oxygen atoms in total. The SMILES string of the molecule is COCC1CSC(N)=NC1c1cc(NC(=O)c2ncc(F)cn2)ccc1F. The number of anilines is 1. The van der Waals surface area contributed by atoms with Crippen LogP contribution in [0.25, 0.3) is 0 Å². The number of halogens is 2. The first-order chi connectivity index (χ1) is 13.0. The van der Waals surface area contributed by atoms with Crippen molar-refractivity contribution in [3.63, 3.8) is 0 Å². The summed E-state index contributed by atoms with van der Waals surface area (Å²) in [6.45, 7) is 0.397. The number of carbonyl (C=O) groups is 1. The standard InChI is InChI=1S/C17H17F2N5O2S/c1-26-7-9-8-27-17(20)24-14(9)12-4-11(2-3-13(12)19)23-16(25)15-21-5-10(18)6-22-15/h2-6,9,14H,7-8H2,1H3,(H2,20,24)(H,23,25). The number of nitrogens with two attached hydrogens (primary N) is 1. The number of rotatable bonds is 5. The second-order valence-corrected chi connectivity index (χ2v) is 6.89. The Morgan fingerprint density at radius 3 is 2.81 bits per heavy atom. The first-order valence-corrected chi connectivity index (χ1v) is 9.00. The molecule has 0 bridgehead atoms. The van der Waals surface area contributed by atoms with Crippen molar-refractivity contribution in [1.82, 2.24) is 9.97 Å². The van der Waals surface area contributed by atoms with Gasteiger partial charge in [0.15, 0.2) is 11.0 Å². The van der Waals surface area contributed by atoms with Crippen LogP contribution in [-0.2, 0) is 4.74 Å². The van der Waals surface area contributed by atoms with Crippen molar-refractivity contribution in [3.05, 3.63) is 53.6 Å². The average Bonchev–Trinajstić information content (AvgIpc) is 2.65. The minimum absolute atomic E-state index is 0.0619. The summed E-state index contributed by atoms with van der Waals surface area (Å²) in [6.07, 6.45) is 1.79. The maximum Gasteiger partial charge on any atom is 0.293 e. The van der Waals surface area contributed by atoms with Gasteiger partial charge in [-0.15, -0.1) is 0 Å². The van der Waals surface area contributed by atoms with Crippen molar-refractivity contribution in [1.29, 1.82) is 0 Å². The van der Waals surface area contributed by atoms with E-state index in [0.717, 1.165) is 12.4 Å². The number of hydrogen-bond acceptors (Lipinski definition) is 7. The molecule has 27 heavy (non-hydrogen) atoms. The highest BCUT2D eigenvalue weighted by atomic mass is 32.2. The van der Waals surface area contributed by atoms with Gasteiger partial charge in [-0.25, -0.2) is 18.7 Å². The number of thioether (sulfide) groups is 1. The summed E-state index contributed by atoms with van der Waals surface area (Å²) in [5.74, 6) is -1.36. The van der Waals surface area contributed by atoms with Crippen molar-refractivity contribution < 1.29 is 18.3 Å². The van der Waals surface area contributed by atoms with Gasteiger partial charge in [0.2, 0.25) is 5.82 Å². The fraction of sp³-hybridized carbons (Fsp3) is 0.294. The molecule has 1 aliphatic rings. The summed E-state index contributed by atoms with van der Waals surface area (Å²) in [5.41, 5.74) is 6.45. The van der Waals surface area contributed by atoms with Crippen LogP contribution in [0.1, 0.15) is 22.2 Å². The molecule has 0 aliphatic carbocycles. The highest BCUT2D eigenvalue weighted by molar-refractivity contribution is 8.13. The molecule has 2 heterocycles. The summed E-state index contributed by atoms with van der Waals surface area (Å²) in [7, 11) is 1.57. The number of nitrogens with zero attached hydrogens (tertiary/aromatic N) is 3. The summed E-state index contributed by atoms with van der Waals surface area (Å²) in [5, 5.41) is 2.95. The number of amidine groups is 1. The molecule has 1 aliphatic heterocycles. The average molecular weight is 393 g/mol. The van der Waals surface area contributed by atoms with E-state index in [1.54, 1.807) is 7.11 Å². The second-order valence-electron chi connectivity index (χ2n) is 5.85. The fourth-order valence-electron chi connectivity index (χ4n) is 2.70. The van der Waals surface area contributed by atoms with E-state index in [1.165, 1.54) is 30.0 Å². The highest BCUT2D eigenvalue weighted by Gasteiger charge is 2.30. The number of methoxy groups -OCH3 is 1. The quantitative estimate of drug-likeness (QED) is 0.809. The lowest BCUT2D eigenvalue weighted by molar-refractivity contribution is 0.101. The molecule has 1 amide bonds. The van der Waals surface area contributed by atoms with E-state index < -0.39 is 23.6 Å². The Balaban J connectivity index is 1.86. The predicted molar refractivity (Wildman–Crippen MR) is 98.5 cm³/mol. The largest absolute Gasteiger partial charge is 0.384 e. The van der Waals surface area contributed by atoms with E-state index >= 15 is 0 Å². The van der Waals surface area contributed by atoms with Gasteiger partial charge < -0.3 is 15.8 Å². The minimum atomic E-state index is -0.648. The molecule has 2 aromatic rings. The molecule has 10 heteroatoms. The lowest BCUT2D eigenvalue weighted by Gasteiger charge is -2.28. The molecular formula is C17H17F2N5O2S. The van der Waals surface area contributed by atoms with Crippen LogP contribution in [0.2, 0.25) is 0 Å². The third-order valence-electron chi connectivity index (χ3n) is 3.93. The fourth-order valence-corrected chi connectivity index (χ4v) is 3.56. The van der Waals surface area contributed by atoms with Crippen LogP contribution in [0.15, 0.2) is 35.6 Å². The third-order valence-corrected chi connectivity index (χ3v) is 4.93. The summed E-state index contributed by atoms with van der Waals surface area (Å²) in [4.78, 5) is 23.8. The van der Waals surface area contributed by atoms with Gasteiger partial charge >= 0.3 is 0 Å². The monoisotopic (exact) mass is 393 g/mol. The molecule has 3 rings (SSSR count). The first-order valence-electron chi connectivity index (χ1n) is 8.01. The zero-order chi connectivity index (χ0) is 19.4. The molecule has 1 aromatic carbocycles. The Morgan fingerprint density at radius 1 is 1.37 bits per heavy atom. The van der Waals surface area contributed by atoms with Crippen LogP contribution < -0.4 is 11.1 Å². The van der Waals surface area contributed by atoms with Crippen LogP contribution in [0.4, 0.5) is 14.5 Å². The minimum Gasteiger partial charge on any atom is -0.384 e. The number of aliphatic imine (C=N–C) groups is 1. The van der Waals surface area contributed by atoms with Crippen LogP contribution in [0.5, 0.6) is 0 Å². The molecule has 0 saturated heterocycles. The molecule has 2 atom stereocenters. The molecule has 142 valence electrons. The van der Waals surface area contributed by atoms with Gasteiger partial charge in [-0.3, -0.25) is 9.79 Å². The van der Waals surface area contributed by atoms with Gasteiger partial charge in [0.05, 0.1) is 25.0 Å². The zero-order valence-corrected chi connectivity index (χ0v) is 15.2. The van der Waals surface area contributed by atoms with Gasteiger partial charge in [0.25, 0.3) is 5.91 Å². The lowest BCUT2D eigenvalue weighted by Crippen LogP contribution is -2.28. The van der Waals surface area contributed by atoms with Gasteiger partial charge in [0, 0.05) is 30.0 Å². The summed E-state index contributed by atoms with van der Waals surface area (Å²) < 4.78 is 32.5. The summed E-state index contributed by atoms with van der Waals surface area (Å²) >= 11 is 1.39. The second kappa shape index (κ2) is 8.40. The number of ether oxygens (including phenoxy) is 1. The van der Waals surface area contributed by atoms with E-state index in [0.29, 0.717) is 28.8 Å². The molecular weight excluding hydrogens is 376 g/mol. The van der Waals surface area contributed by atoms with E-state index in [1.807, 2.05) is 0 Å². The van der Waals surface area contributed by atoms with Crippen molar-refractivity contribution >= 4 is 28.5 Å². The van der Waals surface area contributed by atoms with Crippen LogP contribution >= 0.6 is 11.8 Å².